The summed E-state index contributed by atoms with van der Waals surface area (Å²) in [5.74, 6) is -1.41. The Kier molecular flexibility index (Phi) is 5.43. The molecule has 0 saturated heterocycles. The molecule has 1 amide bonds. The standard InChI is InChI=1S/C11H18N4O4/c1-7(2)12-9(16)6-15-8(4-5-19-3)10(11(17)18)13-14-15/h7H,4-6H2,1-3H3,(H,12,16)(H,17,18). The Morgan fingerprint density at radius 1 is 1.47 bits per heavy atom. The van der Waals surface area contributed by atoms with E-state index in [-0.39, 0.29) is 24.2 Å². The summed E-state index contributed by atoms with van der Waals surface area (Å²) in [6, 6.07) is 0.0115. The summed E-state index contributed by atoms with van der Waals surface area (Å²) in [6.07, 6.45) is 0.333. The third-order valence-corrected chi connectivity index (χ3v) is 2.33. The molecule has 8 nitrogen and oxygen atoms in total. The van der Waals surface area contributed by atoms with Crippen LogP contribution in [0.2, 0.25) is 0 Å². The normalized spacial score (nSPS) is 10.7. The van der Waals surface area contributed by atoms with Gasteiger partial charge in [0.15, 0.2) is 5.69 Å². The number of ether oxygens (including phenoxy) is 1. The molecule has 1 heterocycles. The average Bonchev–Trinajstić information content (AvgIpc) is 2.68. The maximum Gasteiger partial charge on any atom is 0.358 e. The number of nitrogens with one attached hydrogen (secondary N) is 1. The summed E-state index contributed by atoms with van der Waals surface area (Å²) < 4.78 is 6.20. The molecule has 2 N–H and O–H groups in total. The summed E-state index contributed by atoms with van der Waals surface area (Å²) in [6.45, 7) is 3.96. The van der Waals surface area contributed by atoms with E-state index in [9.17, 15) is 9.59 Å². The van der Waals surface area contributed by atoms with Crippen molar-refractivity contribution in [2.45, 2.75) is 32.9 Å². The van der Waals surface area contributed by atoms with Crippen LogP contribution in [-0.2, 0) is 22.5 Å². The molecule has 0 aliphatic heterocycles. The Balaban J connectivity index is 2.87. The summed E-state index contributed by atoms with van der Waals surface area (Å²) >= 11 is 0. The number of nitrogens with zero attached hydrogens (tertiary/aromatic N) is 3. The minimum atomic E-state index is -1.17. The van der Waals surface area contributed by atoms with Crippen LogP contribution >= 0.6 is 0 Å². The van der Waals surface area contributed by atoms with Gasteiger partial charge in [-0.05, 0) is 13.8 Å². The van der Waals surface area contributed by atoms with Gasteiger partial charge in [0.05, 0.1) is 12.3 Å². The number of methoxy groups -OCH3 is 1. The zero-order valence-electron chi connectivity index (χ0n) is 11.2. The van der Waals surface area contributed by atoms with Crippen LogP contribution in [0, 0.1) is 0 Å². The smallest absolute Gasteiger partial charge is 0.358 e. The molecule has 0 unspecified atom stereocenters. The molecule has 0 aromatic carbocycles. The minimum Gasteiger partial charge on any atom is -0.476 e. The molecule has 0 fully saturated rings. The van der Waals surface area contributed by atoms with E-state index in [0.717, 1.165) is 0 Å². The third-order valence-electron chi connectivity index (χ3n) is 2.33. The van der Waals surface area contributed by atoms with Gasteiger partial charge in [-0.3, -0.25) is 4.79 Å². The van der Waals surface area contributed by atoms with Crippen molar-refractivity contribution >= 4 is 11.9 Å². The van der Waals surface area contributed by atoms with Gasteiger partial charge < -0.3 is 15.2 Å². The largest absolute Gasteiger partial charge is 0.476 e. The SMILES string of the molecule is COCCc1c(C(=O)O)nnn1CC(=O)NC(C)C. The number of rotatable bonds is 7. The lowest BCUT2D eigenvalue weighted by Gasteiger charge is -2.10. The lowest BCUT2D eigenvalue weighted by Crippen LogP contribution is -2.34. The predicted molar refractivity (Wildman–Crippen MR) is 65.8 cm³/mol. The molecule has 0 spiro atoms. The van der Waals surface area contributed by atoms with Crippen molar-refractivity contribution in [2.75, 3.05) is 13.7 Å². The topological polar surface area (TPSA) is 106 Å². The number of amides is 1. The fourth-order valence-corrected chi connectivity index (χ4v) is 1.58. The van der Waals surface area contributed by atoms with E-state index >= 15 is 0 Å². The van der Waals surface area contributed by atoms with Crippen LogP contribution in [0.1, 0.15) is 30.0 Å². The number of hydrogen-bond acceptors (Lipinski definition) is 5. The molecule has 8 heteroatoms. The summed E-state index contributed by atoms with van der Waals surface area (Å²) in [7, 11) is 1.51. The van der Waals surface area contributed by atoms with Gasteiger partial charge in [0, 0.05) is 19.6 Å². The van der Waals surface area contributed by atoms with E-state index in [1.165, 1.54) is 11.8 Å². The number of carboxylic acids is 1. The number of carbonyl (C=O) groups excluding carboxylic acids is 1. The van der Waals surface area contributed by atoms with Crippen molar-refractivity contribution in [3.05, 3.63) is 11.4 Å². The predicted octanol–water partition coefficient (Wildman–Crippen LogP) is -0.310. The van der Waals surface area contributed by atoms with E-state index in [2.05, 4.69) is 15.6 Å². The second-order valence-corrected chi connectivity index (χ2v) is 4.31. The van der Waals surface area contributed by atoms with Crippen LogP contribution in [0.25, 0.3) is 0 Å². The molecule has 1 aromatic rings. The van der Waals surface area contributed by atoms with Gasteiger partial charge >= 0.3 is 5.97 Å². The quantitative estimate of drug-likeness (QED) is 0.704. The third kappa shape index (κ3) is 4.32. The van der Waals surface area contributed by atoms with Crippen LogP contribution in [0.4, 0.5) is 0 Å². The molecule has 0 aliphatic carbocycles. The second kappa shape index (κ2) is 6.83. The van der Waals surface area contributed by atoms with Gasteiger partial charge in [-0.15, -0.1) is 5.10 Å². The minimum absolute atomic E-state index is 0.0115. The molecule has 1 rings (SSSR count). The lowest BCUT2D eigenvalue weighted by molar-refractivity contribution is -0.122. The van der Waals surface area contributed by atoms with Gasteiger partial charge in [-0.2, -0.15) is 0 Å². The van der Waals surface area contributed by atoms with E-state index in [1.54, 1.807) is 0 Å². The number of carboxylic acid groups (broad SMARTS) is 1. The van der Waals surface area contributed by atoms with Crippen molar-refractivity contribution in [3.8, 4) is 0 Å². The fourth-order valence-electron chi connectivity index (χ4n) is 1.58. The molecule has 0 radical (unpaired) electrons. The van der Waals surface area contributed by atoms with E-state index in [4.69, 9.17) is 9.84 Å². The molecule has 0 bridgehead atoms. The van der Waals surface area contributed by atoms with Crippen LogP contribution < -0.4 is 5.32 Å². The zero-order valence-corrected chi connectivity index (χ0v) is 11.2. The Hall–Kier alpha value is -1.96. The Labute approximate surface area is 110 Å². The first kappa shape index (κ1) is 15.1. The highest BCUT2D eigenvalue weighted by Crippen LogP contribution is 2.07. The zero-order chi connectivity index (χ0) is 14.4. The summed E-state index contributed by atoms with van der Waals surface area (Å²) in [4.78, 5) is 22.7. The molecular formula is C11H18N4O4. The van der Waals surface area contributed by atoms with Crippen LogP contribution in [-0.4, -0.2) is 51.7 Å². The van der Waals surface area contributed by atoms with Crippen molar-refractivity contribution in [1.82, 2.24) is 20.3 Å². The number of carbonyl (C=O) groups is 2. The first-order valence-corrected chi connectivity index (χ1v) is 5.89. The molecule has 1 aromatic heterocycles. The molecule has 0 aliphatic rings. The summed E-state index contributed by atoms with van der Waals surface area (Å²) in [5.41, 5.74) is 0.239. The van der Waals surface area contributed by atoms with Gasteiger partial charge in [0.2, 0.25) is 5.91 Å². The van der Waals surface area contributed by atoms with Crippen LogP contribution in [0.3, 0.4) is 0 Å². The van der Waals surface area contributed by atoms with Crippen molar-refractivity contribution in [1.29, 1.82) is 0 Å². The fraction of sp³-hybridized carbons (Fsp3) is 0.636. The highest BCUT2D eigenvalue weighted by atomic mass is 16.5. The number of aromatic nitrogens is 3. The van der Waals surface area contributed by atoms with Gasteiger partial charge in [-0.1, -0.05) is 5.21 Å². The lowest BCUT2D eigenvalue weighted by atomic mass is 10.2. The molecule has 0 saturated carbocycles. The molecule has 19 heavy (non-hydrogen) atoms. The van der Waals surface area contributed by atoms with Crippen molar-refractivity contribution in [3.63, 3.8) is 0 Å². The van der Waals surface area contributed by atoms with Gasteiger partial charge in [-0.25, -0.2) is 9.48 Å². The van der Waals surface area contributed by atoms with Gasteiger partial charge in [0.1, 0.15) is 6.54 Å². The number of hydrogen-bond donors (Lipinski definition) is 2. The Morgan fingerprint density at radius 3 is 2.68 bits per heavy atom. The van der Waals surface area contributed by atoms with E-state index < -0.39 is 5.97 Å². The van der Waals surface area contributed by atoms with E-state index in [0.29, 0.717) is 18.7 Å². The monoisotopic (exact) mass is 270 g/mol. The molecule has 0 atom stereocenters. The molecule has 106 valence electrons. The maximum atomic E-state index is 11.6. The van der Waals surface area contributed by atoms with Crippen molar-refractivity contribution in [2.24, 2.45) is 0 Å². The highest BCUT2D eigenvalue weighted by molar-refractivity contribution is 5.86. The first-order chi connectivity index (χ1) is 8.95. The maximum absolute atomic E-state index is 11.6. The summed E-state index contributed by atoms with van der Waals surface area (Å²) in [5, 5.41) is 19.0. The van der Waals surface area contributed by atoms with Crippen LogP contribution in [0.5, 0.6) is 0 Å². The Bertz CT molecular complexity index is 456. The average molecular weight is 270 g/mol. The first-order valence-electron chi connectivity index (χ1n) is 5.89. The second-order valence-electron chi connectivity index (χ2n) is 4.31. The number of aromatic carboxylic acids is 1. The van der Waals surface area contributed by atoms with Crippen molar-refractivity contribution < 1.29 is 19.4 Å². The Morgan fingerprint density at radius 2 is 2.16 bits per heavy atom. The highest BCUT2D eigenvalue weighted by Gasteiger charge is 2.20. The van der Waals surface area contributed by atoms with E-state index in [1.807, 2.05) is 13.8 Å². The van der Waals surface area contributed by atoms with Crippen LogP contribution in [0.15, 0.2) is 0 Å². The van der Waals surface area contributed by atoms with Gasteiger partial charge in [0.25, 0.3) is 0 Å². The molecular weight excluding hydrogens is 252 g/mol.